The summed E-state index contributed by atoms with van der Waals surface area (Å²) < 4.78 is 5.44. The Hall–Kier alpha value is -1.66. The lowest BCUT2D eigenvalue weighted by molar-refractivity contribution is 0.00158. The summed E-state index contributed by atoms with van der Waals surface area (Å²) in [7, 11) is 0. The number of ether oxygens (including phenoxy) is 1. The second-order valence-corrected chi connectivity index (χ2v) is 7.62. The van der Waals surface area contributed by atoms with E-state index in [1.165, 1.54) is 19.3 Å². The third kappa shape index (κ3) is 4.01. The molecule has 0 N–H and O–H groups in total. The van der Waals surface area contributed by atoms with Crippen molar-refractivity contribution >= 4 is 11.7 Å². The number of morpholine rings is 1. The first-order chi connectivity index (χ1) is 12.8. The lowest BCUT2D eigenvalue weighted by Gasteiger charge is -2.40. The van der Waals surface area contributed by atoms with Gasteiger partial charge in [-0.25, -0.2) is 4.98 Å². The molecule has 26 heavy (non-hydrogen) atoms. The molecule has 0 spiro atoms. The second-order valence-electron chi connectivity index (χ2n) is 7.62. The molecule has 6 heteroatoms. The maximum Gasteiger partial charge on any atom is 0.255 e. The first-order valence-electron chi connectivity index (χ1n) is 10.1. The molecule has 3 aliphatic rings. The molecule has 0 radical (unpaired) electrons. The van der Waals surface area contributed by atoms with Crippen LogP contribution in [0.15, 0.2) is 18.3 Å². The topological polar surface area (TPSA) is 48.9 Å². The number of hydrogen-bond donors (Lipinski definition) is 0. The molecule has 1 amide bonds. The SMILES string of the molecule is O=C(c1ccc(N2CCCCC2)nc1)N1CCC(N2CCOCC2)CC1. The molecule has 0 saturated carbocycles. The van der Waals surface area contributed by atoms with Crippen molar-refractivity contribution in [3.63, 3.8) is 0 Å². The molecule has 4 rings (SSSR count). The van der Waals surface area contributed by atoms with Gasteiger partial charge in [0.15, 0.2) is 0 Å². The Morgan fingerprint density at radius 2 is 1.69 bits per heavy atom. The fourth-order valence-electron chi connectivity index (χ4n) is 4.38. The van der Waals surface area contributed by atoms with Crippen LogP contribution in [-0.2, 0) is 4.74 Å². The standard InChI is InChI=1S/C20H30N4O2/c25-20(17-4-5-19(21-16-17)23-8-2-1-3-9-23)24-10-6-18(7-11-24)22-12-14-26-15-13-22/h4-5,16,18H,1-3,6-15H2. The van der Waals surface area contributed by atoms with E-state index in [1.54, 1.807) is 6.20 Å². The van der Waals surface area contributed by atoms with Crippen LogP contribution in [0.3, 0.4) is 0 Å². The van der Waals surface area contributed by atoms with Crippen LogP contribution < -0.4 is 4.90 Å². The van der Waals surface area contributed by atoms with Crippen molar-refractivity contribution in [3.05, 3.63) is 23.9 Å². The molecular formula is C20H30N4O2. The van der Waals surface area contributed by atoms with E-state index in [9.17, 15) is 4.79 Å². The van der Waals surface area contributed by atoms with Crippen LogP contribution in [0.25, 0.3) is 0 Å². The van der Waals surface area contributed by atoms with Gasteiger partial charge in [-0.3, -0.25) is 9.69 Å². The second kappa shape index (κ2) is 8.35. The number of carbonyl (C=O) groups excluding carboxylic acids is 1. The van der Waals surface area contributed by atoms with Crippen LogP contribution in [0.5, 0.6) is 0 Å². The van der Waals surface area contributed by atoms with Crippen LogP contribution >= 0.6 is 0 Å². The van der Waals surface area contributed by atoms with Crippen molar-refractivity contribution in [2.75, 3.05) is 57.4 Å². The number of rotatable bonds is 3. The van der Waals surface area contributed by atoms with Crippen molar-refractivity contribution in [3.8, 4) is 0 Å². The molecule has 1 aromatic rings. The third-order valence-electron chi connectivity index (χ3n) is 5.99. The van der Waals surface area contributed by atoms with Crippen molar-refractivity contribution in [1.29, 1.82) is 0 Å². The summed E-state index contributed by atoms with van der Waals surface area (Å²) in [6, 6.07) is 4.56. The van der Waals surface area contributed by atoms with Crippen molar-refractivity contribution in [1.82, 2.24) is 14.8 Å². The van der Waals surface area contributed by atoms with Gasteiger partial charge in [-0.1, -0.05) is 0 Å². The molecule has 0 bridgehead atoms. The van der Waals surface area contributed by atoms with E-state index >= 15 is 0 Å². The first-order valence-corrected chi connectivity index (χ1v) is 10.1. The minimum Gasteiger partial charge on any atom is -0.379 e. The molecule has 0 atom stereocenters. The van der Waals surface area contributed by atoms with E-state index in [0.29, 0.717) is 6.04 Å². The Bertz CT molecular complexity index is 586. The van der Waals surface area contributed by atoms with E-state index in [0.717, 1.165) is 76.7 Å². The van der Waals surface area contributed by atoms with E-state index in [2.05, 4.69) is 14.8 Å². The number of amides is 1. The monoisotopic (exact) mass is 358 g/mol. The van der Waals surface area contributed by atoms with Crippen LogP contribution in [0.2, 0.25) is 0 Å². The van der Waals surface area contributed by atoms with Gasteiger partial charge >= 0.3 is 0 Å². The summed E-state index contributed by atoms with van der Waals surface area (Å²) in [6.07, 6.45) is 7.67. The number of nitrogens with zero attached hydrogens (tertiary/aromatic N) is 4. The zero-order valence-corrected chi connectivity index (χ0v) is 15.6. The number of aromatic nitrogens is 1. The summed E-state index contributed by atoms with van der Waals surface area (Å²) in [5.74, 6) is 1.13. The van der Waals surface area contributed by atoms with E-state index in [1.807, 2.05) is 17.0 Å². The van der Waals surface area contributed by atoms with Gasteiger partial charge in [-0.2, -0.15) is 0 Å². The maximum absolute atomic E-state index is 12.8. The predicted molar refractivity (Wildman–Crippen MR) is 102 cm³/mol. The molecule has 0 unspecified atom stereocenters. The molecular weight excluding hydrogens is 328 g/mol. The summed E-state index contributed by atoms with van der Waals surface area (Å²) in [5.41, 5.74) is 0.718. The smallest absolute Gasteiger partial charge is 0.255 e. The minimum absolute atomic E-state index is 0.128. The van der Waals surface area contributed by atoms with Crippen molar-refractivity contribution in [2.45, 2.75) is 38.1 Å². The number of hydrogen-bond acceptors (Lipinski definition) is 5. The van der Waals surface area contributed by atoms with Gasteiger partial charge in [-0.05, 0) is 44.2 Å². The molecule has 6 nitrogen and oxygen atoms in total. The number of anilines is 1. The molecule has 0 aromatic carbocycles. The number of carbonyl (C=O) groups is 1. The van der Waals surface area contributed by atoms with Gasteiger partial charge in [0, 0.05) is 51.5 Å². The Kier molecular flexibility index (Phi) is 5.70. The van der Waals surface area contributed by atoms with Gasteiger partial charge in [0.05, 0.1) is 18.8 Å². The Balaban J connectivity index is 1.31. The summed E-state index contributed by atoms with van der Waals surface area (Å²) >= 11 is 0. The molecule has 3 fully saturated rings. The van der Waals surface area contributed by atoms with Gasteiger partial charge < -0.3 is 14.5 Å². The average Bonchev–Trinajstić information content (AvgIpc) is 2.75. The highest BCUT2D eigenvalue weighted by atomic mass is 16.5. The molecule has 4 heterocycles. The molecule has 3 aliphatic heterocycles. The maximum atomic E-state index is 12.8. The van der Waals surface area contributed by atoms with Crippen molar-refractivity contribution < 1.29 is 9.53 Å². The van der Waals surface area contributed by atoms with Crippen LogP contribution in [0.1, 0.15) is 42.5 Å². The van der Waals surface area contributed by atoms with E-state index in [4.69, 9.17) is 4.74 Å². The lowest BCUT2D eigenvalue weighted by atomic mass is 10.0. The highest BCUT2D eigenvalue weighted by molar-refractivity contribution is 5.94. The summed E-state index contributed by atoms with van der Waals surface area (Å²) in [4.78, 5) is 24.2. The van der Waals surface area contributed by atoms with Crippen LogP contribution in [-0.4, -0.2) is 79.2 Å². The van der Waals surface area contributed by atoms with Crippen LogP contribution in [0, 0.1) is 0 Å². The zero-order chi connectivity index (χ0) is 17.8. The lowest BCUT2D eigenvalue weighted by Crippen LogP contribution is -2.50. The molecule has 142 valence electrons. The fraction of sp³-hybridized carbons (Fsp3) is 0.700. The van der Waals surface area contributed by atoms with E-state index in [-0.39, 0.29) is 5.91 Å². The normalized spacial score (nSPS) is 23.2. The highest BCUT2D eigenvalue weighted by Gasteiger charge is 2.28. The van der Waals surface area contributed by atoms with E-state index < -0.39 is 0 Å². The fourth-order valence-corrected chi connectivity index (χ4v) is 4.38. The summed E-state index contributed by atoms with van der Waals surface area (Å²) in [6.45, 7) is 7.58. The molecule has 0 aliphatic carbocycles. The predicted octanol–water partition coefficient (Wildman–Crippen LogP) is 2.01. The quantitative estimate of drug-likeness (QED) is 0.827. The number of piperidine rings is 2. The number of pyridine rings is 1. The Morgan fingerprint density at radius 3 is 2.35 bits per heavy atom. The van der Waals surface area contributed by atoms with Crippen molar-refractivity contribution in [2.24, 2.45) is 0 Å². The third-order valence-corrected chi connectivity index (χ3v) is 5.99. The highest BCUT2D eigenvalue weighted by Crippen LogP contribution is 2.21. The van der Waals surface area contributed by atoms with Gasteiger partial charge in [-0.15, -0.1) is 0 Å². The van der Waals surface area contributed by atoms with Crippen LogP contribution in [0.4, 0.5) is 5.82 Å². The average molecular weight is 358 g/mol. The minimum atomic E-state index is 0.128. The largest absolute Gasteiger partial charge is 0.379 e. The van der Waals surface area contributed by atoms with Gasteiger partial charge in [0.25, 0.3) is 5.91 Å². The Labute approximate surface area is 156 Å². The zero-order valence-electron chi connectivity index (χ0n) is 15.6. The molecule has 1 aromatic heterocycles. The summed E-state index contributed by atoms with van der Waals surface area (Å²) in [5, 5.41) is 0. The Morgan fingerprint density at radius 1 is 0.962 bits per heavy atom. The number of likely N-dealkylation sites (tertiary alicyclic amines) is 1. The molecule has 3 saturated heterocycles. The van der Waals surface area contributed by atoms with Gasteiger partial charge in [0.2, 0.25) is 0 Å². The van der Waals surface area contributed by atoms with Gasteiger partial charge in [0.1, 0.15) is 5.82 Å². The first kappa shape index (κ1) is 17.7.